The summed E-state index contributed by atoms with van der Waals surface area (Å²) in [6.07, 6.45) is 4.83. The van der Waals surface area contributed by atoms with Crippen LogP contribution in [0.1, 0.15) is 41.6 Å². The van der Waals surface area contributed by atoms with E-state index in [2.05, 4.69) is 10.2 Å². The molecule has 0 aromatic heterocycles. The Morgan fingerprint density at radius 3 is 2.90 bits per heavy atom. The lowest BCUT2D eigenvalue weighted by atomic mass is 9.89. The van der Waals surface area contributed by atoms with E-state index in [1.54, 1.807) is 0 Å². The fourth-order valence-corrected chi connectivity index (χ4v) is 3.56. The fraction of sp³-hybridized carbons (Fsp3) is 0.588. The highest BCUT2D eigenvalue weighted by Gasteiger charge is 2.37. The molecule has 0 bridgehead atoms. The molecule has 2 fully saturated rings. The first kappa shape index (κ1) is 14.4. The molecule has 2 unspecified atom stereocenters. The Labute approximate surface area is 126 Å². The van der Waals surface area contributed by atoms with Gasteiger partial charge in [0.1, 0.15) is 0 Å². The zero-order chi connectivity index (χ0) is 14.8. The van der Waals surface area contributed by atoms with Gasteiger partial charge in [0.2, 0.25) is 0 Å². The van der Waals surface area contributed by atoms with Gasteiger partial charge in [-0.25, -0.2) is 0 Å². The first-order chi connectivity index (χ1) is 10.2. The van der Waals surface area contributed by atoms with Gasteiger partial charge in [-0.2, -0.15) is 0 Å². The average Bonchev–Trinajstić information content (AvgIpc) is 2.53. The number of hydrogen-bond donors (Lipinski definition) is 1. The summed E-state index contributed by atoms with van der Waals surface area (Å²) in [5, 5.41) is 3.11. The van der Waals surface area contributed by atoms with Crippen LogP contribution in [0.25, 0.3) is 0 Å². The van der Waals surface area contributed by atoms with Gasteiger partial charge in [-0.1, -0.05) is 12.8 Å². The molecular formula is C17H24N2O2. The minimum atomic E-state index is 0.162. The Bertz CT molecular complexity index is 528. The van der Waals surface area contributed by atoms with Crippen LogP contribution in [-0.2, 0) is 4.74 Å². The Morgan fingerprint density at radius 2 is 2.14 bits per heavy atom. The Kier molecular flexibility index (Phi) is 4.15. The zero-order valence-electron chi connectivity index (χ0n) is 12.9. The third kappa shape index (κ3) is 2.77. The van der Waals surface area contributed by atoms with Gasteiger partial charge in [-0.3, -0.25) is 4.79 Å². The molecule has 114 valence electrons. The molecule has 1 aliphatic heterocycles. The van der Waals surface area contributed by atoms with Crippen molar-refractivity contribution in [1.29, 1.82) is 0 Å². The van der Waals surface area contributed by atoms with Gasteiger partial charge in [0.25, 0.3) is 5.91 Å². The summed E-state index contributed by atoms with van der Waals surface area (Å²) in [5.74, 6) is 0.162. The topological polar surface area (TPSA) is 41.6 Å². The largest absolute Gasteiger partial charge is 0.388 e. The predicted octanol–water partition coefficient (Wildman–Crippen LogP) is 2.82. The van der Waals surface area contributed by atoms with Crippen molar-refractivity contribution in [2.75, 3.05) is 25.5 Å². The van der Waals surface area contributed by atoms with Gasteiger partial charge >= 0.3 is 0 Å². The van der Waals surface area contributed by atoms with E-state index >= 15 is 0 Å². The number of benzene rings is 1. The summed E-state index contributed by atoms with van der Waals surface area (Å²) >= 11 is 0. The number of carbonyl (C=O) groups excluding carboxylic acids is 1. The highest BCUT2D eigenvalue weighted by atomic mass is 16.5. The average molecular weight is 288 g/mol. The van der Waals surface area contributed by atoms with Crippen molar-refractivity contribution in [3.63, 3.8) is 0 Å². The lowest BCUT2D eigenvalue weighted by Gasteiger charge is -2.44. The summed E-state index contributed by atoms with van der Waals surface area (Å²) in [4.78, 5) is 15.0. The van der Waals surface area contributed by atoms with Crippen molar-refractivity contribution < 1.29 is 9.53 Å². The number of carbonyl (C=O) groups is 1. The molecule has 3 rings (SSSR count). The molecule has 1 aromatic rings. The number of amides is 1. The normalized spacial score (nSPS) is 25.3. The molecule has 1 amide bonds. The molecule has 1 N–H and O–H groups in total. The van der Waals surface area contributed by atoms with Crippen molar-refractivity contribution in [2.45, 2.75) is 44.8 Å². The highest BCUT2D eigenvalue weighted by Crippen LogP contribution is 2.30. The van der Waals surface area contributed by atoms with Crippen LogP contribution in [0.3, 0.4) is 0 Å². The van der Waals surface area contributed by atoms with Crippen molar-refractivity contribution in [1.82, 2.24) is 4.90 Å². The van der Waals surface area contributed by atoms with Crippen LogP contribution in [-0.4, -0.2) is 43.2 Å². The molecule has 1 saturated carbocycles. The maximum absolute atomic E-state index is 12.9. The number of ether oxygens (including phenoxy) is 1. The van der Waals surface area contributed by atoms with Crippen molar-refractivity contribution in [3.8, 4) is 0 Å². The Morgan fingerprint density at radius 1 is 1.33 bits per heavy atom. The summed E-state index contributed by atoms with van der Waals surface area (Å²) in [6, 6.07) is 6.21. The second-order valence-corrected chi connectivity index (χ2v) is 6.04. The zero-order valence-corrected chi connectivity index (χ0v) is 12.9. The molecular weight excluding hydrogens is 264 g/mol. The van der Waals surface area contributed by atoms with Crippen LogP contribution in [0.4, 0.5) is 5.69 Å². The van der Waals surface area contributed by atoms with Gasteiger partial charge < -0.3 is 15.0 Å². The Hall–Kier alpha value is -1.55. The van der Waals surface area contributed by atoms with E-state index in [0.717, 1.165) is 29.7 Å². The molecule has 2 atom stereocenters. The SMILES string of the molecule is CNc1ccc(C(=O)N2CCOC3CCCCC32)c(C)c1. The van der Waals surface area contributed by atoms with Crippen molar-refractivity contribution >= 4 is 11.6 Å². The molecule has 1 heterocycles. The Balaban J connectivity index is 1.83. The number of rotatable bonds is 2. The first-order valence-electron chi connectivity index (χ1n) is 7.91. The predicted molar refractivity (Wildman–Crippen MR) is 83.8 cm³/mol. The minimum Gasteiger partial charge on any atom is -0.388 e. The number of hydrogen-bond acceptors (Lipinski definition) is 3. The number of nitrogens with one attached hydrogen (secondary N) is 1. The van der Waals surface area contributed by atoms with E-state index in [1.807, 2.05) is 32.2 Å². The molecule has 1 saturated heterocycles. The molecule has 0 radical (unpaired) electrons. The summed E-state index contributed by atoms with van der Waals surface area (Å²) in [5.41, 5.74) is 2.90. The fourth-order valence-electron chi connectivity index (χ4n) is 3.56. The number of anilines is 1. The molecule has 4 heteroatoms. The van der Waals surface area contributed by atoms with Crippen molar-refractivity contribution in [2.24, 2.45) is 0 Å². The highest BCUT2D eigenvalue weighted by molar-refractivity contribution is 5.96. The van der Waals surface area contributed by atoms with Crippen molar-refractivity contribution in [3.05, 3.63) is 29.3 Å². The summed E-state index contributed by atoms with van der Waals surface area (Å²) in [7, 11) is 1.89. The molecule has 4 nitrogen and oxygen atoms in total. The van der Waals surface area contributed by atoms with Gasteiger partial charge in [0.05, 0.1) is 18.8 Å². The van der Waals surface area contributed by atoms with E-state index in [0.29, 0.717) is 13.2 Å². The van der Waals surface area contributed by atoms with Crippen LogP contribution in [0.2, 0.25) is 0 Å². The first-order valence-corrected chi connectivity index (χ1v) is 7.91. The van der Waals surface area contributed by atoms with E-state index in [-0.39, 0.29) is 18.1 Å². The van der Waals surface area contributed by atoms with E-state index in [9.17, 15) is 4.79 Å². The lowest BCUT2D eigenvalue weighted by molar-refractivity contribution is -0.0753. The summed E-state index contributed by atoms with van der Waals surface area (Å²) in [6.45, 7) is 3.39. The van der Waals surface area contributed by atoms with Crippen LogP contribution in [0, 0.1) is 6.92 Å². The maximum atomic E-state index is 12.9. The van der Waals surface area contributed by atoms with Crippen LogP contribution in [0.15, 0.2) is 18.2 Å². The smallest absolute Gasteiger partial charge is 0.254 e. The van der Waals surface area contributed by atoms with E-state index in [1.165, 1.54) is 12.8 Å². The van der Waals surface area contributed by atoms with Gasteiger partial charge in [0, 0.05) is 24.8 Å². The molecule has 2 aliphatic rings. The number of fused-ring (bicyclic) bond motifs is 1. The van der Waals surface area contributed by atoms with Gasteiger partial charge in [-0.15, -0.1) is 0 Å². The second-order valence-electron chi connectivity index (χ2n) is 6.04. The van der Waals surface area contributed by atoms with Crippen LogP contribution in [0.5, 0.6) is 0 Å². The standard InChI is InChI=1S/C17H24N2O2/c1-12-11-13(18-2)7-8-14(12)17(20)19-9-10-21-16-6-4-3-5-15(16)19/h7-8,11,15-16,18H,3-6,9-10H2,1-2H3. The minimum absolute atomic E-state index is 0.162. The molecule has 1 aromatic carbocycles. The van der Waals surface area contributed by atoms with Gasteiger partial charge in [-0.05, 0) is 43.5 Å². The number of nitrogens with zero attached hydrogens (tertiary/aromatic N) is 1. The maximum Gasteiger partial charge on any atom is 0.254 e. The van der Waals surface area contributed by atoms with Crippen LogP contribution >= 0.6 is 0 Å². The summed E-state index contributed by atoms with van der Waals surface area (Å²) < 4.78 is 5.86. The molecule has 0 spiro atoms. The number of aryl methyl sites for hydroxylation is 1. The molecule has 1 aliphatic carbocycles. The van der Waals surface area contributed by atoms with Crippen LogP contribution < -0.4 is 5.32 Å². The quantitative estimate of drug-likeness (QED) is 0.910. The second kappa shape index (κ2) is 6.06. The monoisotopic (exact) mass is 288 g/mol. The lowest BCUT2D eigenvalue weighted by Crippen LogP contribution is -2.54. The number of morpholine rings is 1. The third-order valence-electron chi connectivity index (χ3n) is 4.74. The van der Waals surface area contributed by atoms with E-state index in [4.69, 9.17) is 4.74 Å². The molecule has 21 heavy (non-hydrogen) atoms. The van der Waals surface area contributed by atoms with Gasteiger partial charge in [0.15, 0.2) is 0 Å². The van der Waals surface area contributed by atoms with E-state index < -0.39 is 0 Å². The third-order valence-corrected chi connectivity index (χ3v) is 4.74.